The van der Waals surface area contributed by atoms with E-state index in [1.54, 1.807) is 23.2 Å². The number of nitrogens with one attached hydrogen (secondary N) is 1. The van der Waals surface area contributed by atoms with Gasteiger partial charge in [-0.15, -0.1) is 0 Å². The number of carbonyl (C=O) groups is 2. The molecular weight excluding hydrogens is 429 g/mol. The molecule has 3 aromatic rings. The molecule has 32 heavy (non-hydrogen) atoms. The molecule has 0 saturated carbocycles. The third-order valence-electron chi connectivity index (χ3n) is 4.87. The molecule has 0 radical (unpaired) electrons. The maximum atomic E-state index is 13.3. The van der Waals surface area contributed by atoms with Gasteiger partial charge in [-0.05, 0) is 37.0 Å². The first kappa shape index (κ1) is 23.6. The predicted molar refractivity (Wildman–Crippen MR) is 123 cm³/mol. The van der Waals surface area contributed by atoms with Crippen LogP contribution in [0.1, 0.15) is 47.7 Å². The molecule has 0 fully saturated rings. The minimum atomic E-state index is -0.329. The summed E-state index contributed by atoms with van der Waals surface area (Å²) in [6.07, 6.45) is 6.30. The summed E-state index contributed by atoms with van der Waals surface area (Å²) in [4.78, 5) is 35.9. The van der Waals surface area contributed by atoms with Gasteiger partial charge < -0.3 is 9.88 Å². The first-order valence-electron chi connectivity index (χ1n) is 10.6. The van der Waals surface area contributed by atoms with Crippen molar-refractivity contribution in [2.45, 2.75) is 46.7 Å². The highest BCUT2D eigenvalue weighted by molar-refractivity contribution is 7.17. The van der Waals surface area contributed by atoms with Gasteiger partial charge in [0.1, 0.15) is 16.5 Å². The Morgan fingerprint density at radius 1 is 1.22 bits per heavy atom. The van der Waals surface area contributed by atoms with Gasteiger partial charge >= 0.3 is 0 Å². The number of carbonyl (C=O) groups excluding carboxylic acids is 2. The third kappa shape index (κ3) is 6.46. The van der Waals surface area contributed by atoms with E-state index in [0.717, 1.165) is 24.4 Å². The quantitative estimate of drug-likeness (QED) is 0.463. The van der Waals surface area contributed by atoms with Crippen molar-refractivity contribution in [3.8, 4) is 0 Å². The molecule has 0 aliphatic carbocycles. The van der Waals surface area contributed by atoms with Crippen molar-refractivity contribution in [1.82, 2.24) is 19.9 Å². The number of thiazole rings is 1. The van der Waals surface area contributed by atoms with Crippen LogP contribution in [-0.2, 0) is 17.9 Å². The fourth-order valence-electron chi connectivity index (χ4n) is 3.17. The van der Waals surface area contributed by atoms with Gasteiger partial charge in [-0.1, -0.05) is 37.3 Å². The summed E-state index contributed by atoms with van der Waals surface area (Å²) < 4.78 is 15.3. The van der Waals surface area contributed by atoms with Crippen LogP contribution in [-0.4, -0.2) is 32.9 Å². The molecule has 0 aliphatic rings. The van der Waals surface area contributed by atoms with Gasteiger partial charge in [0.05, 0.1) is 12.7 Å². The zero-order valence-corrected chi connectivity index (χ0v) is 19.4. The van der Waals surface area contributed by atoms with E-state index in [2.05, 4.69) is 15.3 Å². The summed E-state index contributed by atoms with van der Waals surface area (Å²) in [6, 6.07) is 6.03. The molecule has 3 rings (SSSR count). The predicted octanol–water partition coefficient (Wildman–Crippen LogP) is 4.19. The lowest BCUT2D eigenvalue weighted by molar-refractivity contribution is -0.119. The second-order valence-corrected chi connectivity index (χ2v) is 9.00. The Kier molecular flexibility index (Phi) is 8.10. The number of hydrogen-bond donors (Lipinski definition) is 1. The highest BCUT2D eigenvalue weighted by Gasteiger charge is 2.22. The van der Waals surface area contributed by atoms with Crippen molar-refractivity contribution in [3.63, 3.8) is 0 Å². The Labute approximate surface area is 191 Å². The molecule has 0 unspecified atom stereocenters. The van der Waals surface area contributed by atoms with E-state index in [1.165, 1.54) is 29.7 Å². The average Bonchev–Trinajstić information content (AvgIpc) is 3.39. The second-order valence-electron chi connectivity index (χ2n) is 7.99. The van der Waals surface area contributed by atoms with E-state index in [4.69, 9.17) is 0 Å². The van der Waals surface area contributed by atoms with Crippen LogP contribution in [0, 0.1) is 18.7 Å². The Balaban J connectivity index is 1.63. The number of hydrogen-bond acceptors (Lipinski definition) is 5. The number of aromatic nitrogens is 3. The Bertz CT molecular complexity index is 1040. The van der Waals surface area contributed by atoms with Gasteiger partial charge in [0.2, 0.25) is 5.91 Å². The summed E-state index contributed by atoms with van der Waals surface area (Å²) in [5.74, 6) is 0.497. The van der Waals surface area contributed by atoms with Gasteiger partial charge in [-0.25, -0.2) is 14.4 Å². The number of halogens is 1. The molecule has 170 valence electrons. The van der Waals surface area contributed by atoms with Crippen LogP contribution < -0.4 is 10.2 Å². The SMILES string of the molecule is Cc1nccn1CCCNC(=O)c1cnc(N(Cc2ccc(F)cc2)C(=O)CC(C)C)s1. The Hall–Kier alpha value is -3.07. The molecule has 0 atom stereocenters. The maximum Gasteiger partial charge on any atom is 0.263 e. The van der Waals surface area contributed by atoms with Crippen molar-refractivity contribution in [1.29, 1.82) is 0 Å². The molecule has 1 aromatic carbocycles. The fraction of sp³-hybridized carbons (Fsp3) is 0.391. The molecule has 7 nitrogen and oxygen atoms in total. The van der Waals surface area contributed by atoms with E-state index in [1.807, 2.05) is 31.5 Å². The molecule has 9 heteroatoms. The van der Waals surface area contributed by atoms with E-state index < -0.39 is 0 Å². The van der Waals surface area contributed by atoms with E-state index in [9.17, 15) is 14.0 Å². The molecule has 2 aromatic heterocycles. The fourth-order valence-corrected chi connectivity index (χ4v) is 4.02. The highest BCUT2D eigenvalue weighted by atomic mass is 32.1. The zero-order valence-electron chi connectivity index (χ0n) is 18.5. The normalized spacial score (nSPS) is 11.0. The summed E-state index contributed by atoms with van der Waals surface area (Å²) >= 11 is 1.18. The second kappa shape index (κ2) is 11.0. The monoisotopic (exact) mass is 457 g/mol. The maximum absolute atomic E-state index is 13.3. The minimum absolute atomic E-state index is 0.0821. The first-order valence-corrected chi connectivity index (χ1v) is 11.4. The standard InChI is InChI=1S/C23H28FN5O2S/c1-16(2)13-21(30)29(15-18-5-7-19(24)8-6-18)23-27-14-20(32-23)22(31)26-9-4-11-28-12-10-25-17(28)3/h5-8,10,12,14,16H,4,9,11,13,15H2,1-3H3,(H,26,31). The lowest BCUT2D eigenvalue weighted by Crippen LogP contribution is -2.31. The van der Waals surface area contributed by atoms with Crippen LogP contribution in [0.4, 0.5) is 9.52 Å². The molecule has 0 saturated heterocycles. The van der Waals surface area contributed by atoms with Crippen molar-refractivity contribution in [2.75, 3.05) is 11.4 Å². The number of amides is 2. The van der Waals surface area contributed by atoms with Gasteiger partial charge in [-0.2, -0.15) is 0 Å². The van der Waals surface area contributed by atoms with Gasteiger partial charge in [0.15, 0.2) is 5.13 Å². The largest absolute Gasteiger partial charge is 0.351 e. The topological polar surface area (TPSA) is 80.1 Å². The van der Waals surface area contributed by atoms with E-state index >= 15 is 0 Å². The van der Waals surface area contributed by atoms with E-state index in [-0.39, 0.29) is 30.1 Å². The molecule has 1 N–H and O–H groups in total. The summed E-state index contributed by atoms with van der Waals surface area (Å²) in [7, 11) is 0. The lowest BCUT2D eigenvalue weighted by Gasteiger charge is -2.21. The number of rotatable bonds is 10. The van der Waals surface area contributed by atoms with Crippen molar-refractivity contribution in [2.24, 2.45) is 5.92 Å². The van der Waals surface area contributed by atoms with E-state index in [0.29, 0.717) is 23.0 Å². The molecule has 0 bridgehead atoms. The smallest absolute Gasteiger partial charge is 0.263 e. The Morgan fingerprint density at radius 3 is 2.62 bits per heavy atom. The van der Waals surface area contributed by atoms with Crippen molar-refractivity contribution in [3.05, 3.63) is 64.9 Å². The van der Waals surface area contributed by atoms with Crippen molar-refractivity contribution < 1.29 is 14.0 Å². The third-order valence-corrected chi connectivity index (χ3v) is 5.89. The average molecular weight is 458 g/mol. The van der Waals surface area contributed by atoms with Crippen LogP contribution in [0.25, 0.3) is 0 Å². The number of anilines is 1. The number of aryl methyl sites for hydroxylation is 2. The lowest BCUT2D eigenvalue weighted by atomic mass is 10.1. The van der Waals surface area contributed by atoms with Gasteiger partial charge in [0.25, 0.3) is 5.91 Å². The van der Waals surface area contributed by atoms with Crippen LogP contribution >= 0.6 is 11.3 Å². The first-order chi connectivity index (χ1) is 15.3. The summed E-state index contributed by atoms with van der Waals surface area (Å²) in [6.45, 7) is 7.45. The van der Waals surface area contributed by atoms with Crippen LogP contribution in [0.15, 0.2) is 42.9 Å². The van der Waals surface area contributed by atoms with Gasteiger partial charge in [-0.3, -0.25) is 14.5 Å². The summed E-state index contributed by atoms with van der Waals surface area (Å²) in [5.41, 5.74) is 0.791. The molecule has 0 aliphatic heterocycles. The Morgan fingerprint density at radius 2 is 1.97 bits per heavy atom. The molecular formula is C23H28FN5O2S. The van der Waals surface area contributed by atoms with Crippen LogP contribution in [0.5, 0.6) is 0 Å². The van der Waals surface area contributed by atoms with Crippen LogP contribution in [0.2, 0.25) is 0 Å². The van der Waals surface area contributed by atoms with Crippen molar-refractivity contribution >= 4 is 28.3 Å². The highest BCUT2D eigenvalue weighted by Crippen LogP contribution is 2.26. The van der Waals surface area contributed by atoms with Gasteiger partial charge in [0, 0.05) is 31.9 Å². The molecule has 2 heterocycles. The summed E-state index contributed by atoms with van der Waals surface area (Å²) in [5, 5.41) is 3.36. The number of imidazole rings is 1. The molecule has 2 amide bonds. The van der Waals surface area contributed by atoms with Crippen LogP contribution in [0.3, 0.4) is 0 Å². The number of benzene rings is 1. The zero-order chi connectivity index (χ0) is 23.1. The number of nitrogens with zero attached hydrogens (tertiary/aromatic N) is 4. The molecule has 0 spiro atoms. The minimum Gasteiger partial charge on any atom is -0.351 e.